The lowest BCUT2D eigenvalue weighted by atomic mass is 9.94. The highest BCUT2D eigenvalue weighted by Gasteiger charge is 2.09. The van der Waals surface area contributed by atoms with Gasteiger partial charge >= 0.3 is 0 Å². The third-order valence-corrected chi connectivity index (χ3v) is 5.39. The van der Waals surface area contributed by atoms with Crippen molar-refractivity contribution in [2.24, 2.45) is 0 Å². The zero-order valence-corrected chi connectivity index (χ0v) is 17.7. The van der Waals surface area contributed by atoms with Gasteiger partial charge in [-0.25, -0.2) is 0 Å². The molecule has 0 aliphatic carbocycles. The minimum Gasteiger partial charge on any atom is -0.356 e. The molecule has 0 fully saturated rings. The standard InChI is InChI=1S/C24H17Br2N/c25-19-9-11-21(12-10-19)27-22-13-14-23(17-5-2-1-3-6-17)24(16-22)18-7-4-8-20(26)15-18/h1-16,27H. The van der Waals surface area contributed by atoms with E-state index in [0.29, 0.717) is 0 Å². The Morgan fingerprint density at radius 2 is 1.19 bits per heavy atom. The number of anilines is 2. The Morgan fingerprint density at radius 1 is 0.481 bits per heavy atom. The predicted octanol–water partition coefficient (Wildman–Crippen LogP) is 8.29. The first-order valence-electron chi connectivity index (χ1n) is 8.67. The van der Waals surface area contributed by atoms with Crippen LogP contribution in [0.1, 0.15) is 0 Å². The van der Waals surface area contributed by atoms with Gasteiger partial charge in [0.2, 0.25) is 0 Å². The van der Waals surface area contributed by atoms with Gasteiger partial charge in [-0.15, -0.1) is 0 Å². The number of hydrogen-bond acceptors (Lipinski definition) is 1. The average molecular weight is 479 g/mol. The summed E-state index contributed by atoms with van der Waals surface area (Å²) in [5.74, 6) is 0. The molecule has 132 valence electrons. The third kappa shape index (κ3) is 4.32. The van der Waals surface area contributed by atoms with Crippen LogP contribution in [0, 0.1) is 0 Å². The molecule has 4 aromatic rings. The molecular weight excluding hydrogens is 462 g/mol. The number of nitrogens with one attached hydrogen (secondary N) is 1. The second-order valence-corrected chi connectivity index (χ2v) is 8.10. The van der Waals surface area contributed by atoms with Crippen LogP contribution >= 0.6 is 31.9 Å². The zero-order valence-electron chi connectivity index (χ0n) is 14.5. The van der Waals surface area contributed by atoms with Crippen LogP contribution in [-0.4, -0.2) is 0 Å². The van der Waals surface area contributed by atoms with E-state index in [1.54, 1.807) is 0 Å². The molecule has 0 atom stereocenters. The number of benzene rings is 4. The van der Waals surface area contributed by atoms with E-state index in [9.17, 15) is 0 Å². The highest BCUT2D eigenvalue weighted by atomic mass is 79.9. The summed E-state index contributed by atoms with van der Waals surface area (Å²) in [7, 11) is 0. The summed E-state index contributed by atoms with van der Waals surface area (Å²) in [6.45, 7) is 0. The summed E-state index contributed by atoms with van der Waals surface area (Å²) in [6, 6.07) is 33.7. The summed E-state index contributed by atoms with van der Waals surface area (Å²) in [5, 5.41) is 3.50. The van der Waals surface area contributed by atoms with Crippen LogP contribution < -0.4 is 5.32 Å². The summed E-state index contributed by atoms with van der Waals surface area (Å²) in [4.78, 5) is 0. The van der Waals surface area contributed by atoms with E-state index in [1.165, 1.54) is 22.3 Å². The molecule has 27 heavy (non-hydrogen) atoms. The maximum Gasteiger partial charge on any atom is 0.0390 e. The maximum atomic E-state index is 3.60. The average Bonchev–Trinajstić information content (AvgIpc) is 2.70. The van der Waals surface area contributed by atoms with Gasteiger partial charge in [-0.05, 0) is 70.8 Å². The zero-order chi connectivity index (χ0) is 18.6. The predicted molar refractivity (Wildman–Crippen MR) is 122 cm³/mol. The highest BCUT2D eigenvalue weighted by molar-refractivity contribution is 9.10. The fourth-order valence-corrected chi connectivity index (χ4v) is 3.75. The Balaban J connectivity index is 1.80. The molecule has 0 heterocycles. The van der Waals surface area contributed by atoms with Gasteiger partial charge in [0.05, 0.1) is 0 Å². The minimum absolute atomic E-state index is 1.06. The molecule has 1 N–H and O–H groups in total. The van der Waals surface area contributed by atoms with Gasteiger partial charge in [-0.2, -0.15) is 0 Å². The van der Waals surface area contributed by atoms with Crippen LogP contribution in [0.5, 0.6) is 0 Å². The largest absolute Gasteiger partial charge is 0.356 e. The topological polar surface area (TPSA) is 12.0 Å². The normalized spacial score (nSPS) is 10.6. The second kappa shape index (κ2) is 8.12. The van der Waals surface area contributed by atoms with Gasteiger partial charge < -0.3 is 5.32 Å². The maximum absolute atomic E-state index is 3.60. The molecule has 0 unspecified atom stereocenters. The molecule has 0 bridgehead atoms. The van der Waals surface area contributed by atoms with E-state index in [0.717, 1.165) is 20.3 Å². The van der Waals surface area contributed by atoms with Crippen LogP contribution in [0.25, 0.3) is 22.3 Å². The number of hydrogen-bond donors (Lipinski definition) is 1. The van der Waals surface area contributed by atoms with Crippen LogP contribution in [0.4, 0.5) is 11.4 Å². The van der Waals surface area contributed by atoms with Crippen molar-refractivity contribution >= 4 is 43.2 Å². The lowest BCUT2D eigenvalue weighted by molar-refractivity contribution is 1.51. The molecular formula is C24H17Br2N. The Bertz CT molecular complexity index is 1060. The van der Waals surface area contributed by atoms with E-state index in [4.69, 9.17) is 0 Å². The van der Waals surface area contributed by atoms with Gasteiger partial charge in [0, 0.05) is 20.3 Å². The summed E-state index contributed by atoms with van der Waals surface area (Å²) in [5.41, 5.74) is 6.93. The van der Waals surface area contributed by atoms with Crippen LogP contribution in [0.3, 0.4) is 0 Å². The van der Waals surface area contributed by atoms with Crippen LogP contribution in [-0.2, 0) is 0 Å². The lowest BCUT2D eigenvalue weighted by Gasteiger charge is -2.14. The summed E-state index contributed by atoms with van der Waals surface area (Å²) >= 11 is 7.08. The van der Waals surface area contributed by atoms with Crippen molar-refractivity contribution in [3.8, 4) is 22.3 Å². The molecule has 0 aromatic heterocycles. The van der Waals surface area contributed by atoms with E-state index in [-0.39, 0.29) is 0 Å². The SMILES string of the molecule is Brc1ccc(Nc2ccc(-c3ccccc3)c(-c3cccc(Br)c3)c2)cc1. The van der Waals surface area contributed by atoms with E-state index in [1.807, 2.05) is 18.2 Å². The molecule has 1 nitrogen and oxygen atoms in total. The smallest absolute Gasteiger partial charge is 0.0390 e. The Morgan fingerprint density at radius 3 is 1.93 bits per heavy atom. The Kier molecular flexibility index (Phi) is 5.42. The fourth-order valence-electron chi connectivity index (χ4n) is 3.09. The van der Waals surface area contributed by atoms with Gasteiger partial charge in [-0.3, -0.25) is 0 Å². The van der Waals surface area contributed by atoms with Crippen molar-refractivity contribution in [2.45, 2.75) is 0 Å². The van der Waals surface area contributed by atoms with Crippen LogP contribution in [0.15, 0.2) is 106 Å². The minimum atomic E-state index is 1.06. The fraction of sp³-hybridized carbons (Fsp3) is 0. The van der Waals surface area contributed by atoms with Crippen molar-refractivity contribution in [3.63, 3.8) is 0 Å². The number of rotatable bonds is 4. The second-order valence-electron chi connectivity index (χ2n) is 6.27. The molecule has 0 aliphatic rings. The lowest BCUT2D eigenvalue weighted by Crippen LogP contribution is -1.92. The first kappa shape index (κ1) is 18.0. The van der Waals surface area contributed by atoms with Crippen molar-refractivity contribution in [2.75, 3.05) is 5.32 Å². The van der Waals surface area contributed by atoms with Crippen LogP contribution in [0.2, 0.25) is 0 Å². The third-order valence-electron chi connectivity index (χ3n) is 4.37. The van der Waals surface area contributed by atoms with Crippen molar-refractivity contribution < 1.29 is 0 Å². The molecule has 4 rings (SSSR count). The Labute approximate surface area is 176 Å². The molecule has 0 spiro atoms. The van der Waals surface area contributed by atoms with Gasteiger partial charge in [0.1, 0.15) is 0 Å². The summed E-state index contributed by atoms with van der Waals surface area (Å²) in [6.07, 6.45) is 0. The molecule has 0 aliphatic heterocycles. The van der Waals surface area contributed by atoms with Crippen molar-refractivity contribution in [1.82, 2.24) is 0 Å². The Hall–Kier alpha value is -2.36. The monoisotopic (exact) mass is 477 g/mol. The molecule has 0 saturated carbocycles. The molecule has 0 saturated heterocycles. The van der Waals surface area contributed by atoms with E-state index < -0.39 is 0 Å². The molecule has 3 heteroatoms. The first-order chi connectivity index (χ1) is 13.2. The molecule has 0 amide bonds. The van der Waals surface area contributed by atoms with E-state index >= 15 is 0 Å². The number of halogens is 2. The first-order valence-corrected chi connectivity index (χ1v) is 10.3. The van der Waals surface area contributed by atoms with Crippen molar-refractivity contribution in [3.05, 3.63) is 106 Å². The van der Waals surface area contributed by atoms with Gasteiger partial charge in [-0.1, -0.05) is 80.4 Å². The quantitative estimate of drug-likeness (QED) is 0.311. The van der Waals surface area contributed by atoms with Gasteiger partial charge in [0.15, 0.2) is 0 Å². The highest BCUT2D eigenvalue weighted by Crippen LogP contribution is 2.36. The molecule has 0 radical (unpaired) electrons. The van der Waals surface area contributed by atoms with Crippen molar-refractivity contribution in [1.29, 1.82) is 0 Å². The molecule has 4 aromatic carbocycles. The summed E-state index contributed by atoms with van der Waals surface area (Å²) < 4.78 is 2.15. The van der Waals surface area contributed by atoms with Gasteiger partial charge in [0.25, 0.3) is 0 Å². The van der Waals surface area contributed by atoms with E-state index in [2.05, 4.69) is 116 Å².